The summed E-state index contributed by atoms with van der Waals surface area (Å²) in [5.41, 5.74) is 0.505. The maximum Gasteiger partial charge on any atom is 0.416 e. The molecule has 0 saturated heterocycles. The Bertz CT molecular complexity index is 729. The Balaban J connectivity index is 1.78. The van der Waals surface area contributed by atoms with Crippen molar-refractivity contribution in [2.45, 2.75) is 43.7 Å². The fourth-order valence-electron chi connectivity index (χ4n) is 3.36. The average molecular weight is 376 g/mol. The second-order valence-electron chi connectivity index (χ2n) is 5.92. The van der Waals surface area contributed by atoms with Crippen molar-refractivity contribution in [2.75, 3.05) is 0 Å². The number of alkyl halides is 3. The van der Waals surface area contributed by atoms with Crippen molar-refractivity contribution >= 4 is 23.2 Å². The number of aromatic nitrogens is 3. The Morgan fingerprint density at radius 3 is 2.21 bits per heavy atom. The molecule has 0 radical (unpaired) electrons. The highest BCUT2D eigenvalue weighted by Crippen LogP contribution is 2.45. The Labute approximate surface area is 147 Å². The molecule has 0 spiro atoms. The van der Waals surface area contributed by atoms with E-state index in [1.807, 2.05) is 0 Å². The number of rotatable bonds is 2. The van der Waals surface area contributed by atoms with Gasteiger partial charge in [0.2, 0.25) is 0 Å². The molecule has 2 heterocycles. The molecule has 2 aromatic heterocycles. The summed E-state index contributed by atoms with van der Waals surface area (Å²) in [5, 5.41) is 8.06. The van der Waals surface area contributed by atoms with Gasteiger partial charge < -0.3 is 0 Å². The Morgan fingerprint density at radius 2 is 1.58 bits per heavy atom. The second kappa shape index (κ2) is 6.84. The van der Waals surface area contributed by atoms with E-state index in [0.717, 1.165) is 24.5 Å². The normalized spacial score (nSPS) is 21.7. The van der Waals surface area contributed by atoms with E-state index < -0.39 is 11.7 Å². The van der Waals surface area contributed by atoms with Crippen LogP contribution in [0, 0.1) is 0 Å². The lowest BCUT2D eigenvalue weighted by molar-refractivity contribution is -0.138. The van der Waals surface area contributed by atoms with Crippen LogP contribution < -0.4 is 0 Å². The molecule has 0 N–H and O–H groups in total. The lowest BCUT2D eigenvalue weighted by Gasteiger charge is -2.30. The summed E-state index contributed by atoms with van der Waals surface area (Å²) < 4.78 is 39.5. The summed E-state index contributed by atoms with van der Waals surface area (Å²) in [7, 11) is 0. The van der Waals surface area contributed by atoms with E-state index >= 15 is 0 Å². The number of hydrogen-bond donors (Lipinski definition) is 0. The first-order valence-corrected chi connectivity index (χ1v) is 8.31. The molecule has 24 heavy (non-hydrogen) atoms. The molecule has 0 atom stereocenters. The largest absolute Gasteiger partial charge is 0.416 e. The maximum atomic E-state index is 13.2. The Hall–Kier alpha value is -1.40. The number of halogens is 5. The molecule has 0 bridgehead atoms. The zero-order valence-electron chi connectivity index (χ0n) is 12.5. The summed E-state index contributed by atoms with van der Waals surface area (Å²) in [6.07, 6.45) is 0.873. The van der Waals surface area contributed by atoms with Gasteiger partial charge in [-0.05, 0) is 60.8 Å². The molecule has 0 aromatic carbocycles. The molecule has 2 aromatic rings. The molecule has 3 rings (SSSR count). The van der Waals surface area contributed by atoms with Crippen molar-refractivity contribution < 1.29 is 13.2 Å². The summed E-state index contributed by atoms with van der Waals surface area (Å²) in [4.78, 5) is 3.88. The van der Waals surface area contributed by atoms with Gasteiger partial charge in [-0.15, -0.1) is 10.2 Å². The molecule has 8 heteroatoms. The van der Waals surface area contributed by atoms with Crippen LogP contribution in [-0.4, -0.2) is 15.2 Å². The van der Waals surface area contributed by atoms with Crippen LogP contribution >= 0.6 is 23.2 Å². The van der Waals surface area contributed by atoms with E-state index in [4.69, 9.17) is 23.2 Å². The van der Waals surface area contributed by atoms with Crippen LogP contribution in [0.1, 0.15) is 54.2 Å². The van der Waals surface area contributed by atoms with Gasteiger partial charge in [-0.25, -0.2) is 0 Å². The minimum absolute atomic E-state index is 0.132. The lowest BCUT2D eigenvalue weighted by atomic mass is 9.76. The van der Waals surface area contributed by atoms with Gasteiger partial charge in [0.25, 0.3) is 0 Å². The van der Waals surface area contributed by atoms with E-state index in [1.165, 1.54) is 12.4 Å². The number of pyridine rings is 1. The SMILES string of the molecule is FC(F)(F)c1ccncc1C1CCC(c2cc(Cl)nnc2Cl)CC1. The van der Waals surface area contributed by atoms with Gasteiger partial charge in [0.15, 0.2) is 10.3 Å². The van der Waals surface area contributed by atoms with E-state index in [2.05, 4.69) is 15.2 Å². The first-order chi connectivity index (χ1) is 11.4. The second-order valence-corrected chi connectivity index (χ2v) is 6.67. The first-order valence-electron chi connectivity index (χ1n) is 7.56. The van der Waals surface area contributed by atoms with Crippen LogP contribution in [-0.2, 0) is 6.18 Å². The third-order valence-electron chi connectivity index (χ3n) is 4.51. The van der Waals surface area contributed by atoms with Gasteiger partial charge in [-0.3, -0.25) is 4.98 Å². The van der Waals surface area contributed by atoms with Crippen LogP contribution in [0.15, 0.2) is 24.5 Å². The van der Waals surface area contributed by atoms with Crippen LogP contribution in [0.4, 0.5) is 13.2 Å². The maximum absolute atomic E-state index is 13.2. The minimum atomic E-state index is -4.36. The summed E-state index contributed by atoms with van der Waals surface area (Å²) >= 11 is 11.9. The molecule has 1 fully saturated rings. The Kier molecular flexibility index (Phi) is 4.97. The van der Waals surface area contributed by atoms with Crippen molar-refractivity contribution in [3.8, 4) is 0 Å². The predicted molar refractivity (Wildman–Crippen MR) is 85.2 cm³/mol. The third kappa shape index (κ3) is 3.64. The van der Waals surface area contributed by atoms with Crippen molar-refractivity contribution in [2.24, 2.45) is 0 Å². The third-order valence-corrected chi connectivity index (χ3v) is 4.99. The molecule has 0 unspecified atom stereocenters. The smallest absolute Gasteiger partial charge is 0.264 e. The van der Waals surface area contributed by atoms with Gasteiger partial charge in [0.1, 0.15) is 0 Å². The van der Waals surface area contributed by atoms with Crippen molar-refractivity contribution in [3.05, 3.63) is 51.5 Å². The van der Waals surface area contributed by atoms with Gasteiger partial charge >= 0.3 is 6.18 Å². The number of nitrogens with zero attached hydrogens (tertiary/aromatic N) is 3. The van der Waals surface area contributed by atoms with Crippen LogP contribution in [0.2, 0.25) is 10.3 Å². The minimum Gasteiger partial charge on any atom is -0.264 e. The van der Waals surface area contributed by atoms with E-state index in [0.29, 0.717) is 18.0 Å². The summed E-state index contributed by atoms with van der Waals surface area (Å²) in [6, 6.07) is 2.73. The fourth-order valence-corrected chi connectivity index (χ4v) is 3.76. The monoisotopic (exact) mass is 375 g/mol. The van der Waals surface area contributed by atoms with Gasteiger partial charge in [-0.1, -0.05) is 23.2 Å². The molecular weight excluding hydrogens is 362 g/mol. The van der Waals surface area contributed by atoms with Gasteiger partial charge in [-0.2, -0.15) is 13.2 Å². The number of hydrogen-bond acceptors (Lipinski definition) is 3. The lowest BCUT2D eigenvalue weighted by Crippen LogP contribution is -2.17. The summed E-state index contributed by atoms with van der Waals surface area (Å²) in [6.45, 7) is 0. The molecule has 1 aliphatic carbocycles. The van der Waals surface area contributed by atoms with Gasteiger partial charge in [0, 0.05) is 12.4 Å². The molecule has 1 aliphatic rings. The van der Waals surface area contributed by atoms with Gasteiger partial charge in [0.05, 0.1) is 5.56 Å². The highest BCUT2D eigenvalue weighted by molar-refractivity contribution is 6.31. The first kappa shape index (κ1) is 17.4. The van der Waals surface area contributed by atoms with Crippen LogP contribution in [0.5, 0.6) is 0 Å². The van der Waals surface area contributed by atoms with E-state index in [-0.39, 0.29) is 22.6 Å². The van der Waals surface area contributed by atoms with Crippen molar-refractivity contribution in [1.29, 1.82) is 0 Å². The van der Waals surface area contributed by atoms with E-state index in [1.54, 1.807) is 6.07 Å². The fraction of sp³-hybridized carbons (Fsp3) is 0.438. The van der Waals surface area contributed by atoms with Crippen LogP contribution in [0.3, 0.4) is 0 Å². The highest BCUT2D eigenvalue weighted by Gasteiger charge is 2.36. The molecule has 1 saturated carbocycles. The zero-order chi connectivity index (χ0) is 17.3. The topological polar surface area (TPSA) is 38.7 Å². The van der Waals surface area contributed by atoms with Crippen molar-refractivity contribution in [3.63, 3.8) is 0 Å². The Morgan fingerprint density at radius 1 is 0.958 bits per heavy atom. The highest BCUT2D eigenvalue weighted by atomic mass is 35.5. The van der Waals surface area contributed by atoms with Crippen LogP contribution in [0.25, 0.3) is 0 Å². The standard InChI is InChI=1S/C16H14Cl2F3N3/c17-14-7-11(15(18)24-23-14)9-1-3-10(4-2-9)12-8-22-6-5-13(12)16(19,20)21/h5-10H,1-4H2. The molecule has 3 nitrogen and oxygen atoms in total. The molecule has 0 amide bonds. The quantitative estimate of drug-likeness (QED) is 0.681. The predicted octanol–water partition coefficient (Wildman–Crippen LogP) is 5.64. The zero-order valence-corrected chi connectivity index (χ0v) is 14.0. The average Bonchev–Trinajstić information content (AvgIpc) is 2.56. The summed E-state index contributed by atoms with van der Waals surface area (Å²) in [5.74, 6) is -0.0247. The molecule has 0 aliphatic heterocycles. The van der Waals surface area contributed by atoms with Crippen molar-refractivity contribution in [1.82, 2.24) is 15.2 Å². The van der Waals surface area contributed by atoms with E-state index in [9.17, 15) is 13.2 Å². The molecule has 128 valence electrons. The molecular formula is C16H14Cl2F3N3.